The lowest BCUT2D eigenvalue weighted by Crippen LogP contribution is -2.08. The predicted octanol–water partition coefficient (Wildman–Crippen LogP) is 3.58. The minimum absolute atomic E-state index is 0.171. The van der Waals surface area contributed by atoms with E-state index < -0.39 is 0 Å². The molecule has 2 nitrogen and oxygen atoms in total. The molecule has 90 valence electrons. The molecular formula is C15H18O2. The van der Waals surface area contributed by atoms with Crippen LogP contribution < -0.4 is 0 Å². The molecule has 1 saturated carbocycles. The smallest absolute Gasteiger partial charge is 0.338 e. The van der Waals surface area contributed by atoms with Gasteiger partial charge in [-0.15, -0.1) is 0 Å². The van der Waals surface area contributed by atoms with Crippen LogP contribution in [0.25, 0.3) is 5.57 Å². The molecule has 1 aromatic carbocycles. The highest BCUT2D eigenvalue weighted by Gasteiger charge is 2.20. The van der Waals surface area contributed by atoms with Crippen molar-refractivity contribution in [2.24, 2.45) is 0 Å². The topological polar surface area (TPSA) is 26.3 Å². The summed E-state index contributed by atoms with van der Waals surface area (Å²) in [7, 11) is 0. The average molecular weight is 230 g/mol. The molecule has 2 rings (SSSR count). The Morgan fingerprint density at radius 2 is 1.82 bits per heavy atom. The monoisotopic (exact) mass is 230 g/mol. The maximum Gasteiger partial charge on any atom is 0.338 e. The lowest BCUT2D eigenvalue weighted by atomic mass is 9.99. The molecule has 0 N–H and O–H groups in total. The van der Waals surface area contributed by atoms with Crippen molar-refractivity contribution in [2.45, 2.75) is 32.6 Å². The Hall–Kier alpha value is -1.57. The number of carbonyl (C=O) groups excluding carboxylic acids is 1. The van der Waals surface area contributed by atoms with Crippen molar-refractivity contribution in [3.05, 3.63) is 41.5 Å². The Balaban J connectivity index is 2.37. The van der Waals surface area contributed by atoms with E-state index in [1.165, 1.54) is 18.4 Å². The van der Waals surface area contributed by atoms with Gasteiger partial charge in [0.05, 0.1) is 12.2 Å². The SMILES string of the molecule is CCOC(=O)C(=C1CCCC1)c1ccccc1. The minimum atomic E-state index is -0.171. The van der Waals surface area contributed by atoms with Gasteiger partial charge in [-0.05, 0) is 38.2 Å². The number of ether oxygens (including phenoxy) is 1. The van der Waals surface area contributed by atoms with Crippen LogP contribution in [-0.2, 0) is 9.53 Å². The van der Waals surface area contributed by atoms with Crippen LogP contribution in [0.3, 0.4) is 0 Å². The Kier molecular flexibility index (Phi) is 3.97. The van der Waals surface area contributed by atoms with Crippen molar-refractivity contribution >= 4 is 11.5 Å². The fraction of sp³-hybridized carbons (Fsp3) is 0.400. The number of esters is 1. The summed E-state index contributed by atoms with van der Waals surface area (Å²) in [6, 6.07) is 9.86. The van der Waals surface area contributed by atoms with E-state index in [2.05, 4.69) is 0 Å². The zero-order valence-corrected chi connectivity index (χ0v) is 10.2. The van der Waals surface area contributed by atoms with E-state index in [1.54, 1.807) is 0 Å². The Morgan fingerprint density at radius 3 is 2.41 bits per heavy atom. The first-order valence-electron chi connectivity index (χ1n) is 6.27. The fourth-order valence-corrected chi connectivity index (χ4v) is 2.33. The molecule has 0 saturated heterocycles. The molecule has 1 fully saturated rings. The Morgan fingerprint density at radius 1 is 1.18 bits per heavy atom. The number of rotatable bonds is 3. The van der Waals surface area contributed by atoms with E-state index in [0.717, 1.165) is 24.0 Å². The molecule has 1 aliphatic carbocycles. The number of allylic oxidation sites excluding steroid dienone is 1. The summed E-state index contributed by atoms with van der Waals surface area (Å²) in [5.74, 6) is -0.171. The van der Waals surface area contributed by atoms with Crippen molar-refractivity contribution in [1.29, 1.82) is 0 Å². The van der Waals surface area contributed by atoms with E-state index in [4.69, 9.17) is 4.74 Å². The number of hydrogen-bond acceptors (Lipinski definition) is 2. The first-order valence-corrected chi connectivity index (χ1v) is 6.27. The highest BCUT2D eigenvalue weighted by Crippen LogP contribution is 2.32. The molecule has 0 unspecified atom stereocenters. The molecule has 0 atom stereocenters. The summed E-state index contributed by atoms with van der Waals surface area (Å²) in [6.45, 7) is 2.28. The van der Waals surface area contributed by atoms with Crippen LogP contribution in [0.2, 0.25) is 0 Å². The van der Waals surface area contributed by atoms with Crippen LogP contribution in [0, 0.1) is 0 Å². The van der Waals surface area contributed by atoms with Crippen molar-refractivity contribution in [3.8, 4) is 0 Å². The molecule has 0 amide bonds. The predicted molar refractivity (Wildman–Crippen MR) is 68.5 cm³/mol. The molecule has 0 bridgehead atoms. The van der Waals surface area contributed by atoms with Gasteiger partial charge in [-0.1, -0.05) is 35.9 Å². The van der Waals surface area contributed by atoms with Gasteiger partial charge < -0.3 is 4.74 Å². The van der Waals surface area contributed by atoms with Crippen molar-refractivity contribution in [1.82, 2.24) is 0 Å². The van der Waals surface area contributed by atoms with Crippen LogP contribution in [0.4, 0.5) is 0 Å². The van der Waals surface area contributed by atoms with Crippen molar-refractivity contribution < 1.29 is 9.53 Å². The Bertz CT molecular complexity index is 410. The minimum Gasteiger partial charge on any atom is -0.462 e. The molecule has 1 aliphatic rings. The summed E-state index contributed by atoms with van der Waals surface area (Å²) in [5.41, 5.74) is 3.04. The fourth-order valence-electron chi connectivity index (χ4n) is 2.33. The number of benzene rings is 1. The van der Waals surface area contributed by atoms with Gasteiger partial charge >= 0.3 is 5.97 Å². The molecule has 1 aromatic rings. The zero-order valence-electron chi connectivity index (χ0n) is 10.2. The van der Waals surface area contributed by atoms with Crippen LogP contribution >= 0.6 is 0 Å². The van der Waals surface area contributed by atoms with Gasteiger partial charge in [0.15, 0.2) is 0 Å². The molecule has 2 heteroatoms. The third-order valence-electron chi connectivity index (χ3n) is 3.10. The molecule has 0 aliphatic heterocycles. The van der Waals surface area contributed by atoms with E-state index >= 15 is 0 Å². The van der Waals surface area contributed by atoms with Gasteiger partial charge in [-0.2, -0.15) is 0 Å². The van der Waals surface area contributed by atoms with E-state index in [1.807, 2.05) is 37.3 Å². The maximum atomic E-state index is 12.1. The third kappa shape index (κ3) is 2.76. The second-order valence-corrected chi connectivity index (χ2v) is 4.27. The summed E-state index contributed by atoms with van der Waals surface area (Å²) in [4.78, 5) is 12.1. The highest BCUT2D eigenvalue weighted by molar-refractivity contribution is 6.17. The average Bonchev–Trinajstić information content (AvgIpc) is 2.85. The van der Waals surface area contributed by atoms with Gasteiger partial charge in [-0.25, -0.2) is 4.79 Å². The largest absolute Gasteiger partial charge is 0.462 e. The second kappa shape index (κ2) is 5.67. The van der Waals surface area contributed by atoms with Gasteiger partial charge in [-0.3, -0.25) is 0 Å². The number of hydrogen-bond donors (Lipinski definition) is 0. The molecule has 0 spiro atoms. The highest BCUT2D eigenvalue weighted by atomic mass is 16.5. The molecule has 0 aromatic heterocycles. The van der Waals surface area contributed by atoms with Gasteiger partial charge in [0, 0.05) is 0 Å². The van der Waals surface area contributed by atoms with Crippen LogP contribution in [-0.4, -0.2) is 12.6 Å². The lowest BCUT2D eigenvalue weighted by molar-refractivity contribution is -0.136. The van der Waals surface area contributed by atoms with Gasteiger partial charge in [0.2, 0.25) is 0 Å². The third-order valence-corrected chi connectivity index (χ3v) is 3.10. The van der Waals surface area contributed by atoms with E-state index in [-0.39, 0.29) is 5.97 Å². The normalized spacial score (nSPS) is 14.8. The molecule has 17 heavy (non-hydrogen) atoms. The zero-order chi connectivity index (χ0) is 12.1. The standard InChI is InChI=1S/C15H18O2/c1-2-17-15(16)14(13-10-6-7-11-13)12-8-4-3-5-9-12/h3-5,8-9H,2,6-7,10-11H2,1H3. The van der Waals surface area contributed by atoms with Crippen LogP contribution in [0.5, 0.6) is 0 Å². The van der Waals surface area contributed by atoms with Crippen LogP contribution in [0.15, 0.2) is 35.9 Å². The lowest BCUT2D eigenvalue weighted by Gasteiger charge is -2.10. The maximum absolute atomic E-state index is 12.1. The van der Waals surface area contributed by atoms with Crippen molar-refractivity contribution in [3.63, 3.8) is 0 Å². The van der Waals surface area contributed by atoms with Gasteiger partial charge in [0.1, 0.15) is 0 Å². The summed E-state index contributed by atoms with van der Waals surface area (Å²) in [6.07, 6.45) is 4.43. The summed E-state index contributed by atoms with van der Waals surface area (Å²) in [5, 5.41) is 0. The van der Waals surface area contributed by atoms with Crippen molar-refractivity contribution in [2.75, 3.05) is 6.61 Å². The summed E-state index contributed by atoms with van der Waals surface area (Å²) < 4.78 is 5.17. The first-order chi connectivity index (χ1) is 8.33. The van der Waals surface area contributed by atoms with E-state index in [0.29, 0.717) is 6.61 Å². The van der Waals surface area contributed by atoms with E-state index in [9.17, 15) is 4.79 Å². The molecular weight excluding hydrogens is 212 g/mol. The van der Waals surface area contributed by atoms with Gasteiger partial charge in [0.25, 0.3) is 0 Å². The Labute approximate surface area is 102 Å². The quantitative estimate of drug-likeness (QED) is 0.586. The summed E-state index contributed by atoms with van der Waals surface area (Å²) >= 11 is 0. The molecule has 0 heterocycles. The molecule has 0 radical (unpaired) electrons. The van der Waals surface area contributed by atoms with Crippen LogP contribution in [0.1, 0.15) is 38.2 Å². The second-order valence-electron chi connectivity index (χ2n) is 4.27. The number of carbonyl (C=O) groups is 1. The first kappa shape index (κ1) is 11.9.